The van der Waals surface area contributed by atoms with Gasteiger partial charge >= 0.3 is 11.9 Å². The third-order valence-corrected chi connectivity index (χ3v) is 10.9. The van der Waals surface area contributed by atoms with Crippen LogP contribution in [0.1, 0.15) is 29.9 Å². The maximum absolute atomic E-state index is 13.2. The Balaban J connectivity index is 1.39. The quantitative estimate of drug-likeness (QED) is 0.0279. The van der Waals surface area contributed by atoms with Gasteiger partial charge in [-0.05, 0) is 26.0 Å². The van der Waals surface area contributed by atoms with E-state index in [1.54, 1.807) is 0 Å². The lowest BCUT2D eigenvalue weighted by Gasteiger charge is -2.41. The molecular formula is C25H25ClN6O11S3. The first-order valence-corrected chi connectivity index (χ1v) is 16.0. The molecule has 8 N–H and O–H groups in total. The second-order valence-electron chi connectivity index (χ2n) is 10.1. The number of carbonyl (C=O) groups is 6. The number of hydrogen-bond acceptors (Lipinski definition) is 15. The summed E-state index contributed by atoms with van der Waals surface area (Å²) in [5.74, 6) is -7.69. The van der Waals surface area contributed by atoms with Gasteiger partial charge in [0.1, 0.15) is 17.1 Å². The molecule has 0 saturated carbocycles. The SMILES string of the molecule is CC(C)(O/N=C(\C(=O)NC1C(=O)N2CC(SCCNC(=O)C(=O)c3ccc(O)c(O)c3Cl)(C(=O)O)S[C@H]12)c1csc(N)n1)C(=O)O. The van der Waals surface area contributed by atoms with E-state index in [0.717, 1.165) is 47.0 Å². The first-order valence-electron chi connectivity index (χ1n) is 12.9. The molecule has 0 aliphatic carbocycles. The van der Waals surface area contributed by atoms with E-state index in [9.17, 15) is 49.2 Å². The molecule has 46 heavy (non-hydrogen) atoms. The number of β-lactam (4-membered cyclic amide) rings is 1. The maximum atomic E-state index is 13.2. The summed E-state index contributed by atoms with van der Waals surface area (Å²) in [6.07, 6.45) is 0. The number of carbonyl (C=O) groups excluding carboxylic acids is 4. The van der Waals surface area contributed by atoms with Crippen LogP contribution in [0.15, 0.2) is 22.7 Å². The number of amides is 3. The first kappa shape index (κ1) is 34.6. The predicted molar refractivity (Wildman–Crippen MR) is 166 cm³/mol. The topological polar surface area (TPSA) is 271 Å². The fourth-order valence-electron chi connectivity index (χ4n) is 3.99. The molecule has 2 aliphatic heterocycles. The van der Waals surface area contributed by atoms with Crippen LogP contribution in [-0.2, 0) is 28.8 Å². The van der Waals surface area contributed by atoms with Crippen LogP contribution < -0.4 is 16.4 Å². The Morgan fingerprint density at radius 1 is 1.24 bits per heavy atom. The third-order valence-electron chi connectivity index (χ3n) is 6.57. The van der Waals surface area contributed by atoms with Gasteiger partial charge in [0.05, 0.1) is 17.1 Å². The Labute approximate surface area is 276 Å². The molecular weight excluding hydrogens is 692 g/mol. The number of hydrogen-bond donors (Lipinski definition) is 7. The smallest absolute Gasteiger partial charge is 0.350 e. The minimum atomic E-state index is -1.82. The van der Waals surface area contributed by atoms with Gasteiger partial charge in [0.25, 0.3) is 17.6 Å². The number of nitrogens with one attached hydrogen (secondary N) is 2. The number of carboxylic acid groups (broad SMARTS) is 2. The summed E-state index contributed by atoms with van der Waals surface area (Å²) in [5.41, 5.74) is 3.00. The molecule has 0 bridgehead atoms. The van der Waals surface area contributed by atoms with E-state index >= 15 is 0 Å². The highest BCUT2D eigenvalue weighted by atomic mass is 35.5. The van der Waals surface area contributed by atoms with Gasteiger partial charge in [-0.3, -0.25) is 19.2 Å². The van der Waals surface area contributed by atoms with Crippen molar-refractivity contribution in [2.45, 2.75) is 34.9 Å². The van der Waals surface area contributed by atoms with E-state index < -0.39 is 78.8 Å². The van der Waals surface area contributed by atoms with E-state index in [4.69, 9.17) is 22.2 Å². The minimum Gasteiger partial charge on any atom is -0.504 e. The van der Waals surface area contributed by atoms with Crippen molar-refractivity contribution in [3.63, 3.8) is 0 Å². The number of phenols is 2. The average Bonchev–Trinajstić information content (AvgIpc) is 3.59. The number of oxime groups is 1. The van der Waals surface area contributed by atoms with Crippen molar-refractivity contribution in [2.24, 2.45) is 5.16 Å². The van der Waals surface area contributed by atoms with Gasteiger partial charge in [-0.15, -0.1) is 34.9 Å². The molecule has 2 fully saturated rings. The van der Waals surface area contributed by atoms with Crippen LogP contribution >= 0.6 is 46.5 Å². The van der Waals surface area contributed by atoms with Gasteiger partial charge < -0.3 is 46.5 Å². The number of phenolic OH excluding ortho intramolecular Hbond substituents is 2. The largest absolute Gasteiger partial charge is 0.504 e. The average molecular weight is 717 g/mol. The summed E-state index contributed by atoms with van der Waals surface area (Å²) in [6, 6.07) is 0.879. The highest BCUT2D eigenvalue weighted by Gasteiger charge is 2.62. The molecule has 3 heterocycles. The number of nitrogens with zero attached hydrogens (tertiary/aromatic N) is 3. The maximum Gasteiger partial charge on any atom is 0.350 e. The number of aliphatic carboxylic acids is 2. The van der Waals surface area contributed by atoms with E-state index in [0.29, 0.717) is 0 Å². The van der Waals surface area contributed by atoms with Crippen molar-refractivity contribution in [1.29, 1.82) is 0 Å². The number of aromatic nitrogens is 1. The molecule has 0 radical (unpaired) electrons. The number of carboxylic acids is 2. The van der Waals surface area contributed by atoms with E-state index in [1.807, 2.05) is 0 Å². The van der Waals surface area contributed by atoms with Crippen LogP contribution in [-0.4, -0.2) is 111 Å². The van der Waals surface area contributed by atoms with Crippen LogP contribution in [0.5, 0.6) is 11.5 Å². The van der Waals surface area contributed by atoms with Crippen molar-refractivity contribution < 1.29 is 54.0 Å². The van der Waals surface area contributed by atoms with Crippen molar-refractivity contribution in [3.05, 3.63) is 33.8 Å². The molecule has 17 nitrogen and oxygen atoms in total. The Bertz CT molecular complexity index is 1670. The number of rotatable bonds is 13. The zero-order valence-electron chi connectivity index (χ0n) is 23.7. The monoisotopic (exact) mass is 716 g/mol. The summed E-state index contributed by atoms with van der Waals surface area (Å²) >= 11 is 8.60. The molecule has 1 aromatic heterocycles. The predicted octanol–water partition coefficient (Wildman–Crippen LogP) is 0.287. The number of nitrogen functional groups attached to an aromatic ring is 1. The van der Waals surface area contributed by atoms with Gasteiger partial charge in [0, 0.05) is 17.7 Å². The van der Waals surface area contributed by atoms with Crippen molar-refractivity contribution in [3.8, 4) is 11.5 Å². The molecule has 3 atom stereocenters. The Morgan fingerprint density at radius 2 is 1.93 bits per heavy atom. The molecule has 2 aliphatic rings. The van der Waals surface area contributed by atoms with Crippen LogP contribution in [0.3, 0.4) is 0 Å². The van der Waals surface area contributed by atoms with Gasteiger partial charge in [-0.1, -0.05) is 16.8 Å². The van der Waals surface area contributed by atoms with Crippen molar-refractivity contribution in [1.82, 2.24) is 20.5 Å². The molecule has 4 rings (SSSR count). The summed E-state index contributed by atoms with van der Waals surface area (Å²) in [4.78, 5) is 85.0. The number of aromatic hydroxyl groups is 2. The van der Waals surface area contributed by atoms with Crippen molar-refractivity contribution >= 4 is 92.7 Å². The molecule has 2 unspecified atom stereocenters. The van der Waals surface area contributed by atoms with E-state index in [1.165, 1.54) is 24.1 Å². The summed E-state index contributed by atoms with van der Waals surface area (Å²) in [6.45, 7) is 2.02. The first-order chi connectivity index (χ1) is 21.5. The second kappa shape index (κ2) is 13.2. The summed E-state index contributed by atoms with van der Waals surface area (Å²) < 4.78 is -1.59. The lowest BCUT2D eigenvalue weighted by Crippen LogP contribution is -2.68. The van der Waals surface area contributed by atoms with Crippen LogP contribution in [0.4, 0.5) is 5.13 Å². The number of nitrogens with two attached hydrogens (primary N) is 1. The Kier molecular flexibility index (Phi) is 9.95. The minimum absolute atomic E-state index is 0.00257. The molecule has 0 spiro atoms. The Morgan fingerprint density at radius 3 is 2.54 bits per heavy atom. The molecule has 2 aromatic rings. The lowest BCUT2D eigenvalue weighted by molar-refractivity contribution is -0.161. The number of thiazole rings is 1. The molecule has 1 aromatic carbocycles. The van der Waals surface area contributed by atoms with E-state index in [-0.39, 0.29) is 35.2 Å². The van der Waals surface area contributed by atoms with Gasteiger partial charge in [0.2, 0.25) is 11.5 Å². The highest BCUT2D eigenvalue weighted by Crippen LogP contribution is 2.52. The normalized spacial score (nSPS) is 20.8. The van der Waals surface area contributed by atoms with Gasteiger partial charge in [0.15, 0.2) is 26.4 Å². The number of ketones is 1. The number of fused-ring (bicyclic) bond motifs is 1. The summed E-state index contributed by atoms with van der Waals surface area (Å²) in [5, 5.41) is 47.2. The number of halogens is 1. The number of thioether (sulfide) groups is 2. The van der Waals surface area contributed by atoms with Crippen LogP contribution in [0.25, 0.3) is 0 Å². The molecule has 2 saturated heterocycles. The van der Waals surface area contributed by atoms with Crippen LogP contribution in [0, 0.1) is 0 Å². The zero-order valence-corrected chi connectivity index (χ0v) is 26.9. The number of anilines is 1. The van der Waals surface area contributed by atoms with E-state index in [2.05, 4.69) is 20.8 Å². The van der Waals surface area contributed by atoms with Gasteiger partial charge in [-0.2, -0.15) is 0 Å². The summed E-state index contributed by atoms with van der Waals surface area (Å²) in [7, 11) is 0. The zero-order chi connectivity index (χ0) is 34.1. The second-order valence-corrected chi connectivity index (χ2v) is 14.5. The number of Topliss-reactive ketones (excluding diaryl/α,β-unsaturated/α-hetero) is 1. The Hall–Kier alpha value is -4.27. The fourth-order valence-corrected chi connectivity index (χ4v) is 7.82. The third kappa shape index (κ3) is 6.78. The standard InChI is InChI=1S/C25H25ClN6O11S3/c1-24(2,21(39)40)43-31-13(10-7-44-23(27)29-10)17(36)30-14-19(38)32-8-25(22(41)42,46-20(14)32)45-6-5-28-18(37)15(34)9-3-4-11(33)16(35)12(9)26/h3-4,7,14,20,33,35H,5-6,8H2,1-2H3,(H2,27,29)(H,28,37)(H,30,36)(H,39,40)(H,41,42)/b31-13-/t14?,20-,25?/m1/s1. The van der Waals surface area contributed by atoms with Crippen molar-refractivity contribution in [2.75, 3.05) is 24.6 Å². The fraction of sp³-hybridized carbons (Fsp3) is 0.360. The molecule has 3 amide bonds. The van der Waals surface area contributed by atoms with Gasteiger partial charge in [-0.25, -0.2) is 14.6 Å². The number of benzene rings is 1. The highest BCUT2D eigenvalue weighted by molar-refractivity contribution is 8.20. The lowest BCUT2D eigenvalue weighted by atomic mass is 10.1. The van der Waals surface area contributed by atoms with Crippen LogP contribution in [0.2, 0.25) is 5.02 Å². The molecule has 21 heteroatoms. The molecule has 246 valence electrons.